The van der Waals surface area contributed by atoms with Crippen molar-refractivity contribution in [3.63, 3.8) is 0 Å². The van der Waals surface area contributed by atoms with Crippen LogP contribution in [-0.2, 0) is 5.41 Å². The van der Waals surface area contributed by atoms with Crippen LogP contribution >= 0.6 is 0 Å². The number of aromatic nitrogens is 4. The molecule has 0 radical (unpaired) electrons. The van der Waals surface area contributed by atoms with Gasteiger partial charge >= 0.3 is 0 Å². The quantitative estimate of drug-likeness (QED) is 0.145. The van der Waals surface area contributed by atoms with Gasteiger partial charge in [0.2, 0.25) is 5.95 Å². The molecule has 336 valence electrons. The van der Waals surface area contributed by atoms with Crippen LogP contribution in [0.25, 0.3) is 95.0 Å². The van der Waals surface area contributed by atoms with Crippen LogP contribution in [0.15, 0.2) is 249 Å². The molecule has 5 nitrogen and oxygen atoms in total. The highest BCUT2D eigenvalue weighted by molar-refractivity contribution is 6.12. The fourth-order valence-corrected chi connectivity index (χ4v) is 10.7. The molecule has 1 aliphatic rings. The third-order valence-electron chi connectivity index (χ3n) is 14.3. The number of anilines is 3. The smallest absolute Gasteiger partial charge is 0.238 e. The minimum Gasteiger partial charge on any atom is -0.310 e. The summed E-state index contributed by atoms with van der Waals surface area (Å²) in [7, 11) is 0. The van der Waals surface area contributed by atoms with Gasteiger partial charge in [-0.3, -0.25) is 4.57 Å². The molecule has 0 amide bonds. The molecule has 1 aliphatic carbocycles. The van der Waals surface area contributed by atoms with Crippen molar-refractivity contribution in [3.05, 3.63) is 260 Å². The Kier molecular flexibility index (Phi) is 10.1. The van der Waals surface area contributed by atoms with Crippen LogP contribution in [0.2, 0.25) is 0 Å². The molecule has 5 heteroatoms. The number of nitrogens with zero attached hydrogens (tertiary/aromatic N) is 5. The van der Waals surface area contributed by atoms with Gasteiger partial charge in [-0.1, -0.05) is 208 Å². The van der Waals surface area contributed by atoms with Gasteiger partial charge in [0.1, 0.15) is 0 Å². The number of rotatable bonds is 9. The van der Waals surface area contributed by atoms with Gasteiger partial charge in [0.15, 0.2) is 11.6 Å². The summed E-state index contributed by atoms with van der Waals surface area (Å²) in [4.78, 5) is 18.1. The molecule has 0 fully saturated rings. The van der Waals surface area contributed by atoms with E-state index in [1.54, 1.807) is 0 Å². The lowest BCUT2D eigenvalue weighted by atomic mass is 9.82. The van der Waals surface area contributed by atoms with Gasteiger partial charge in [0.25, 0.3) is 0 Å². The first-order chi connectivity index (χ1) is 35.0. The van der Waals surface area contributed by atoms with E-state index in [0.29, 0.717) is 17.6 Å². The molecule has 0 atom stereocenters. The number of fused-ring (bicyclic) bond motifs is 6. The Hall–Kier alpha value is -9.19. The standard InChI is InChI=1S/C66H47N5/c1-66(2)58-32-17-15-31-54(58)55-42-57-56-41-50(36-39-61(56)71(62(57)43-59(55)66)65-68-63(47-24-11-5-12-25-47)67-64(69-65)48-26-13-6-14-27-48)49-28-19-29-52(40-49)70(51-37-34-45(35-38-51)44-20-7-3-8-21-44)60-33-18-16-30-53(60)46-22-9-4-10-23-46/h3-43H,1-2H3. The third-order valence-corrected chi connectivity index (χ3v) is 14.3. The summed E-state index contributed by atoms with van der Waals surface area (Å²) < 4.78 is 2.26. The molecular weight excluding hydrogens is 863 g/mol. The number of para-hydroxylation sites is 1. The summed E-state index contributed by atoms with van der Waals surface area (Å²) in [5, 5.41) is 2.27. The first kappa shape index (κ1) is 42.0. The zero-order chi connectivity index (χ0) is 47.5. The monoisotopic (exact) mass is 909 g/mol. The summed E-state index contributed by atoms with van der Waals surface area (Å²) in [6.45, 7) is 4.68. The molecule has 0 unspecified atom stereocenters. The van der Waals surface area contributed by atoms with Crippen LogP contribution in [0, 0.1) is 0 Å². The summed E-state index contributed by atoms with van der Waals surface area (Å²) in [5.41, 5.74) is 19.0. The fourth-order valence-electron chi connectivity index (χ4n) is 10.7. The highest BCUT2D eigenvalue weighted by Crippen LogP contribution is 2.51. The lowest BCUT2D eigenvalue weighted by Crippen LogP contribution is -2.15. The maximum Gasteiger partial charge on any atom is 0.238 e. The first-order valence-electron chi connectivity index (χ1n) is 24.3. The van der Waals surface area contributed by atoms with Crippen molar-refractivity contribution in [1.82, 2.24) is 19.5 Å². The second-order valence-electron chi connectivity index (χ2n) is 18.8. The average Bonchev–Trinajstić information content (AvgIpc) is 3.88. The topological polar surface area (TPSA) is 46.8 Å². The number of hydrogen-bond donors (Lipinski definition) is 0. The lowest BCUT2D eigenvalue weighted by Gasteiger charge is -2.28. The normalized spacial score (nSPS) is 12.5. The van der Waals surface area contributed by atoms with Crippen molar-refractivity contribution < 1.29 is 0 Å². The minimum absolute atomic E-state index is 0.205. The van der Waals surface area contributed by atoms with Gasteiger partial charge in [-0.05, 0) is 105 Å². The summed E-state index contributed by atoms with van der Waals surface area (Å²) in [6, 6.07) is 88.8. The van der Waals surface area contributed by atoms with Crippen molar-refractivity contribution in [3.8, 4) is 73.2 Å². The van der Waals surface area contributed by atoms with Crippen LogP contribution < -0.4 is 4.90 Å². The van der Waals surface area contributed by atoms with E-state index in [0.717, 1.165) is 72.2 Å². The van der Waals surface area contributed by atoms with Gasteiger partial charge in [0, 0.05) is 44.3 Å². The Balaban J connectivity index is 1.01. The fraction of sp³-hybridized carbons (Fsp3) is 0.0455. The van der Waals surface area contributed by atoms with Gasteiger partial charge < -0.3 is 4.90 Å². The predicted octanol–water partition coefficient (Wildman–Crippen LogP) is 17.1. The molecule has 0 aliphatic heterocycles. The van der Waals surface area contributed by atoms with Crippen molar-refractivity contribution in [2.24, 2.45) is 0 Å². The van der Waals surface area contributed by atoms with E-state index in [-0.39, 0.29) is 5.41 Å². The van der Waals surface area contributed by atoms with Gasteiger partial charge in [-0.15, -0.1) is 0 Å². The van der Waals surface area contributed by atoms with Gasteiger partial charge in [-0.2, -0.15) is 9.97 Å². The Morgan fingerprint density at radius 3 is 1.54 bits per heavy atom. The molecular formula is C66H47N5. The van der Waals surface area contributed by atoms with Crippen LogP contribution in [0.3, 0.4) is 0 Å². The molecule has 0 N–H and O–H groups in total. The second kappa shape index (κ2) is 17.1. The first-order valence-corrected chi connectivity index (χ1v) is 24.3. The molecule has 0 spiro atoms. The zero-order valence-corrected chi connectivity index (χ0v) is 39.4. The average molecular weight is 910 g/mol. The van der Waals surface area contributed by atoms with E-state index in [1.165, 1.54) is 33.4 Å². The summed E-state index contributed by atoms with van der Waals surface area (Å²) >= 11 is 0. The molecule has 2 heterocycles. The van der Waals surface area contributed by atoms with E-state index < -0.39 is 0 Å². The predicted molar refractivity (Wildman–Crippen MR) is 294 cm³/mol. The van der Waals surface area contributed by atoms with Crippen LogP contribution in [0.5, 0.6) is 0 Å². The number of benzene rings is 10. The molecule has 0 saturated carbocycles. The molecule has 2 aromatic heterocycles. The third kappa shape index (κ3) is 7.29. The molecule has 0 bridgehead atoms. The highest BCUT2D eigenvalue weighted by Gasteiger charge is 2.36. The Morgan fingerprint density at radius 1 is 0.338 bits per heavy atom. The molecule has 71 heavy (non-hydrogen) atoms. The van der Waals surface area contributed by atoms with Gasteiger partial charge in [-0.25, -0.2) is 4.98 Å². The molecule has 0 saturated heterocycles. The number of hydrogen-bond acceptors (Lipinski definition) is 4. The zero-order valence-electron chi connectivity index (χ0n) is 39.4. The van der Waals surface area contributed by atoms with E-state index in [9.17, 15) is 0 Å². The largest absolute Gasteiger partial charge is 0.310 e. The lowest BCUT2D eigenvalue weighted by molar-refractivity contribution is 0.661. The Morgan fingerprint density at radius 2 is 0.859 bits per heavy atom. The summed E-state index contributed by atoms with van der Waals surface area (Å²) in [6.07, 6.45) is 0. The SMILES string of the molecule is CC1(C)c2ccccc2-c2cc3c4cc(-c5cccc(N(c6ccc(-c7ccccc7)cc6)c6ccccc6-c6ccccc6)c5)ccc4n(-c4nc(-c5ccccc5)nc(-c5ccccc5)n4)c3cc21. The van der Waals surface area contributed by atoms with Crippen molar-refractivity contribution >= 4 is 38.9 Å². The maximum atomic E-state index is 5.30. The molecule has 13 rings (SSSR count). The highest BCUT2D eigenvalue weighted by atomic mass is 15.2. The summed E-state index contributed by atoms with van der Waals surface area (Å²) in [5.74, 6) is 1.83. The Bertz CT molecular complexity index is 3880. The van der Waals surface area contributed by atoms with Crippen molar-refractivity contribution in [1.29, 1.82) is 0 Å². The van der Waals surface area contributed by atoms with Crippen molar-refractivity contribution in [2.45, 2.75) is 19.3 Å². The molecule has 12 aromatic rings. The van der Waals surface area contributed by atoms with E-state index in [4.69, 9.17) is 15.0 Å². The van der Waals surface area contributed by atoms with Crippen LogP contribution in [0.1, 0.15) is 25.0 Å². The van der Waals surface area contributed by atoms with Crippen molar-refractivity contribution in [2.75, 3.05) is 4.90 Å². The van der Waals surface area contributed by atoms with E-state index >= 15 is 0 Å². The second-order valence-corrected chi connectivity index (χ2v) is 18.8. The van der Waals surface area contributed by atoms with Gasteiger partial charge in [0.05, 0.1) is 16.7 Å². The van der Waals surface area contributed by atoms with E-state index in [1.807, 2.05) is 36.4 Å². The Labute approximate surface area is 413 Å². The minimum atomic E-state index is -0.205. The maximum absolute atomic E-state index is 5.30. The molecule has 10 aromatic carbocycles. The van der Waals surface area contributed by atoms with Crippen LogP contribution in [-0.4, -0.2) is 19.5 Å². The van der Waals surface area contributed by atoms with Crippen LogP contribution in [0.4, 0.5) is 17.1 Å². The van der Waals surface area contributed by atoms with E-state index in [2.05, 4.69) is 236 Å².